The van der Waals surface area contributed by atoms with Gasteiger partial charge in [0, 0.05) is 25.6 Å². The molecule has 0 rings (SSSR count). The van der Waals surface area contributed by atoms with Gasteiger partial charge in [0.2, 0.25) is 5.91 Å². The Morgan fingerprint density at radius 1 is 1.33 bits per heavy atom. The molecule has 0 aliphatic carbocycles. The van der Waals surface area contributed by atoms with E-state index < -0.39 is 5.60 Å². The van der Waals surface area contributed by atoms with Crippen LogP contribution in [-0.4, -0.2) is 40.6 Å². The van der Waals surface area contributed by atoms with Crippen molar-refractivity contribution in [2.75, 3.05) is 13.6 Å². The van der Waals surface area contributed by atoms with Crippen LogP contribution in [0.1, 0.15) is 40.5 Å². The second kappa shape index (κ2) is 4.94. The molecule has 0 heterocycles. The highest BCUT2D eigenvalue weighted by Gasteiger charge is 2.20. The molecule has 0 unspecified atom stereocenters. The Morgan fingerprint density at radius 2 is 1.80 bits per heavy atom. The van der Waals surface area contributed by atoms with Gasteiger partial charge in [-0.05, 0) is 34.1 Å². The Hall–Kier alpha value is -0.610. The van der Waals surface area contributed by atoms with E-state index in [4.69, 9.17) is 5.73 Å². The van der Waals surface area contributed by atoms with Gasteiger partial charge in [0.1, 0.15) is 0 Å². The van der Waals surface area contributed by atoms with E-state index in [0.29, 0.717) is 19.4 Å². The van der Waals surface area contributed by atoms with Gasteiger partial charge in [0.25, 0.3) is 0 Å². The van der Waals surface area contributed by atoms with E-state index in [1.165, 1.54) is 0 Å². The normalized spacial score (nSPS) is 12.7. The van der Waals surface area contributed by atoms with Crippen molar-refractivity contribution in [3.63, 3.8) is 0 Å². The summed E-state index contributed by atoms with van der Waals surface area (Å²) in [7, 11) is 1.70. The van der Waals surface area contributed by atoms with Crippen LogP contribution in [0.2, 0.25) is 0 Å². The maximum Gasteiger partial charge on any atom is 0.222 e. The highest BCUT2D eigenvalue weighted by Crippen LogP contribution is 2.10. The van der Waals surface area contributed by atoms with Gasteiger partial charge in [-0.3, -0.25) is 4.79 Å². The first kappa shape index (κ1) is 14.4. The van der Waals surface area contributed by atoms with Crippen LogP contribution < -0.4 is 5.73 Å². The largest absolute Gasteiger partial charge is 0.389 e. The summed E-state index contributed by atoms with van der Waals surface area (Å²) in [6.45, 7) is 7.51. The summed E-state index contributed by atoms with van der Waals surface area (Å²) in [5, 5.41) is 9.55. The average molecular weight is 216 g/mol. The number of aliphatic hydroxyl groups is 1. The van der Waals surface area contributed by atoms with Gasteiger partial charge in [0.15, 0.2) is 0 Å². The molecule has 0 saturated carbocycles. The van der Waals surface area contributed by atoms with E-state index in [-0.39, 0.29) is 11.4 Å². The van der Waals surface area contributed by atoms with E-state index in [1.54, 1.807) is 25.8 Å². The minimum Gasteiger partial charge on any atom is -0.389 e. The lowest BCUT2D eigenvalue weighted by Gasteiger charge is -2.26. The van der Waals surface area contributed by atoms with Crippen molar-refractivity contribution in [2.45, 2.75) is 51.7 Å². The van der Waals surface area contributed by atoms with Crippen molar-refractivity contribution < 1.29 is 9.90 Å². The summed E-state index contributed by atoms with van der Waals surface area (Å²) < 4.78 is 0. The van der Waals surface area contributed by atoms with E-state index in [1.807, 2.05) is 13.8 Å². The number of likely N-dealkylation sites (N-methyl/N-ethyl adjacent to an activating group) is 1. The molecule has 4 nitrogen and oxygen atoms in total. The Labute approximate surface area is 92.4 Å². The van der Waals surface area contributed by atoms with Gasteiger partial charge in [0.05, 0.1) is 5.60 Å². The summed E-state index contributed by atoms with van der Waals surface area (Å²) in [5.41, 5.74) is 4.63. The van der Waals surface area contributed by atoms with Crippen LogP contribution in [0.15, 0.2) is 0 Å². The third kappa shape index (κ3) is 8.39. The highest BCUT2D eigenvalue weighted by molar-refractivity contribution is 5.76. The standard InChI is InChI=1S/C11H24N2O2/c1-10(2,12)7-6-9(14)13(5)8-11(3,4)15/h15H,6-8,12H2,1-5H3. The molecule has 0 atom stereocenters. The van der Waals surface area contributed by atoms with Gasteiger partial charge in [-0.1, -0.05) is 0 Å². The highest BCUT2D eigenvalue weighted by atomic mass is 16.3. The third-order valence-corrected chi connectivity index (χ3v) is 2.03. The number of carbonyl (C=O) groups is 1. The smallest absolute Gasteiger partial charge is 0.222 e. The number of nitrogens with zero attached hydrogens (tertiary/aromatic N) is 1. The van der Waals surface area contributed by atoms with Crippen LogP contribution in [0.3, 0.4) is 0 Å². The summed E-state index contributed by atoms with van der Waals surface area (Å²) in [5.74, 6) is 0.0238. The molecule has 90 valence electrons. The number of rotatable bonds is 5. The van der Waals surface area contributed by atoms with Crippen molar-refractivity contribution in [3.05, 3.63) is 0 Å². The maximum absolute atomic E-state index is 11.6. The average Bonchev–Trinajstić information content (AvgIpc) is 1.95. The minimum absolute atomic E-state index is 0.0238. The maximum atomic E-state index is 11.6. The lowest BCUT2D eigenvalue weighted by molar-refractivity contribution is -0.132. The van der Waals surface area contributed by atoms with Crippen molar-refractivity contribution in [1.29, 1.82) is 0 Å². The van der Waals surface area contributed by atoms with Crippen LogP contribution in [0.5, 0.6) is 0 Å². The predicted molar refractivity (Wildman–Crippen MR) is 61.4 cm³/mol. The molecular formula is C11H24N2O2. The van der Waals surface area contributed by atoms with Crippen LogP contribution in [0, 0.1) is 0 Å². The SMILES string of the molecule is CN(CC(C)(C)O)C(=O)CCC(C)(C)N. The lowest BCUT2D eigenvalue weighted by atomic mass is 9.99. The molecule has 0 spiro atoms. The topological polar surface area (TPSA) is 66.6 Å². The van der Waals surface area contributed by atoms with E-state index in [0.717, 1.165) is 0 Å². The molecule has 0 aromatic rings. The molecule has 1 amide bonds. The molecule has 0 saturated heterocycles. The van der Waals surface area contributed by atoms with Crippen molar-refractivity contribution >= 4 is 5.91 Å². The molecule has 0 aliphatic rings. The fourth-order valence-corrected chi connectivity index (χ4v) is 1.29. The summed E-state index contributed by atoms with van der Waals surface area (Å²) in [6.07, 6.45) is 1.08. The molecular weight excluding hydrogens is 192 g/mol. The van der Waals surface area contributed by atoms with Crippen molar-refractivity contribution in [3.8, 4) is 0 Å². The first-order chi connectivity index (χ1) is 6.51. The molecule has 0 fully saturated rings. The fourth-order valence-electron chi connectivity index (χ4n) is 1.29. The van der Waals surface area contributed by atoms with Crippen LogP contribution in [-0.2, 0) is 4.79 Å². The zero-order valence-electron chi connectivity index (χ0n) is 10.5. The first-order valence-corrected chi connectivity index (χ1v) is 5.26. The van der Waals surface area contributed by atoms with Crippen LogP contribution in [0.25, 0.3) is 0 Å². The molecule has 0 radical (unpaired) electrons. The monoisotopic (exact) mass is 216 g/mol. The summed E-state index contributed by atoms with van der Waals surface area (Å²) in [6, 6.07) is 0. The minimum atomic E-state index is -0.845. The Kier molecular flexibility index (Phi) is 4.74. The van der Waals surface area contributed by atoms with Gasteiger partial charge in [-0.15, -0.1) is 0 Å². The molecule has 3 N–H and O–H groups in total. The van der Waals surface area contributed by atoms with E-state index >= 15 is 0 Å². The lowest BCUT2D eigenvalue weighted by Crippen LogP contribution is -2.41. The van der Waals surface area contributed by atoms with E-state index in [2.05, 4.69) is 0 Å². The molecule has 15 heavy (non-hydrogen) atoms. The second-order valence-electron chi connectivity index (χ2n) is 5.55. The third-order valence-electron chi connectivity index (χ3n) is 2.03. The summed E-state index contributed by atoms with van der Waals surface area (Å²) >= 11 is 0. The first-order valence-electron chi connectivity index (χ1n) is 5.26. The number of hydrogen-bond acceptors (Lipinski definition) is 3. The Balaban J connectivity index is 4.01. The zero-order valence-corrected chi connectivity index (χ0v) is 10.5. The van der Waals surface area contributed by atoms with Crippen molar-refractivity contribution in [1.82, 2.24) is 4.90 Å². The summed E-state index contributed by atoms with van der Waals surface area (Å²) in [4.78, 5) is 13.2. The number of amides is 1. The van der Waals surface area contributed by atoms with Gasteiger partial charge in [-0.2, -0.15) is 0 Å². The van der Waals surface area contributed by atoms with Crippen molar-refractivity contribution in [2.24, 2.45) is 5.73 Å². The number of carbonyl (C=O) groups excluding carboxylic acids is 1. The van der Waals surface area contributed by atoms with Crippen LogP contribution >= 0.6 is 0 Å². The zero-order chi connectivity index (χ0) is 12.3. The number of hydrogen-bond donors (Lipinski definition) is 2. The van der Waals surface area contributed by atoms with Gasteiger partial charge in [-0.25, -0.2) is 0 Å². The van der Waals surface area contributed by atoms with E-state index in [9.17, 15) is 9.90 Å². The second-order valence-corrected chi connectivity index (χ2v) is 5.55. The number of nitrogens with two attached hydrogens (primary N) is 1. The molecule has 0 aromatic carbocycles. The quantitative estimate of drug-likeness (QED) is 0.712. The predicted octanol–water partition coefficient (Wildman–Crippen LogP) is 0.733. The van der Waals surface area contributed by atoms with Gasteiger partial charge >= 0.3 is 0 Å². The van der Waals surface area contributed by atoms with Gasteiger partial charge < -0.3 is 15.7 Å². The molecule has 0 bridgehead atoms. The fraction of sp³-hybridized carbons (Fsp3) is 0.909. The molecule has 0 aromatic heterocycles. The Morgan fingerprint density at radius 3 is 2.13 bits per heavy atom. The Bertz CT molecular complexity index is 214. The van der Waals surface area contributed by atoms with Crippen LogP contribution in [0.4, 0.5) is 0 Å². The molecule has 0 aliphatic heterocycles. The molecule has 4 heteroatoms.